The van der Waals surface area contributed by atoms with Crippen molar-refractivity contribution < 1.29 is 9.50 Å². The molecule has 1 aromatic carbocycles. The summed E-state index contributed by atoms with van der Waals surface area (Å²) in [6, 6.07) is 6.02. The number of benzene rings is 1. The van der Waals surface area contributed by atoms with Crippen LogP contribution in [-0.4, -0.2) is 14.9 Å². The molecule has 0 fully saturated rings. The van der Waals surface area contributed by atoms with Crippen molar-refractivity contribution in [3.05, 3.63) is 52.6 Å². The quantitative estimate of drug-likeness (QED) is 0.925. The number of hydrogen-bond donors (Lipinski definition) is 1. The summed E-state index contributed by atoms with van der Waals surface area (Å²) < 4.78 is 15.4. The smallest absolute Gasteiger partial charge is 0.130 e. The molecule has 0 saturated heterocycles. The highest BCUT2D eigenvalue weighted by Gasteiger charge is 2.21. The molecule has 1 N–H and O–H groups in total. The zero-order valence-corrected chi connectivity index (χ0v) is 10.7. The summed E-state index contributed by atoms with van der Waals surface area (Å²) >= 11 is 5.94. The van der Waals surface area contributed by atoms with Crippen LogP contribution >= 0.6 is 11.6 Å². The zero-order valence-electron chi connectivity index (χ0n) is 9.98. The third kappa shape index (κ3) is 2.40. The van der Waals surface area contributed by atoms with E-state index >= 15 is 0 Å². The predicted molar refractivity (Wildman–Crippen MR) is 68.0 cm³/mol. The highest BCUT2D eigenvalue weighted by atomic mass is 35.5. The molecule has 3 nitrogen and oxygen atoms in total. The molecule has 1 aromatic heterocycles. The Morgan fingerprint density at radius 3 is 2.89 bits per heavy atom. The Morgan fingerprint density at radius 1 is 1.44 bits per heavy atom. The Labute approximate surface area is 110 Å². The minimum atomic E-state index is -1.10. The number of hydrogen-bond acceptors (Lipinski definition) is 2. The maximum Gasteiger partial charge on any atom is 0.130 e. The van der Waals surface area contributed by atoms with Crippen LogP contribution in [0.1, 0.15) is 30.7 Å². The number of aliphatic hydroxyl groups is 1. The fraction of sp³-hybridized carbons (Fsp3) is 0.308. The predicted octanol–water partition coefficient (Wildman–Crippen LogP) is 3.17. The summed E-state index contributed by atoms with van der Waals surface area (Å²) in [5.41, 5.74) is 0.640. The van der Waals surface area contributed by atoms with E-state index in [4.69, 9.17) is 11.6 Å². The summed E-state index contributed by atoms with van der Waals surface area (Å²) in [5.74, 6) is -0.515. The van der Waals surface area contributed by atoms with E-state index in [0.29, 0.717) is 12.2 Å². The van der Waals surface area contributed by atoms with Gasteiger partial charge in [0.25, 0.3) is 0 Å². The van der Waals surface area contributed by atoms with Crippen molar-refractivity contribution in [3.8, 4) is 0 Å². The van der Waals surface area contributed by atoms with Crippen molar-refractivity contribution >= 4 is 11.6 Å². The first-order valence-corrected chi connectivity index (χ1v) is 6.16. The summed E-state index contributed by atoms with van der Waals surface area (Å²) in [7, 11) is 0. The van der Waals surface area contributed by atoms with Crippen LogP contribution in [0, 0.1) is 5.82 Å². The number of aliphatic hydroxyl groups excluding tert-OH is 1. The van der Waals surface area contributed by atoms with Gasteiger partial charge in [0.1, 0.15) is 11.9 Å². The SMILES string of the molecule is CCCn1nccc1C(O)c1c(F)cccc1Cl. The van der Waals surface area contributed by atoms with Crippen molar-refractivity contribution in [3.63, 3.8) is 0 Å². The minimum absolute atomic E-state index is 0.0945. The van der Waals surface area contributed by atoms with Crippen LogP contribution in [0.3, 0.4) is 0 Å². The van der Waals surface area contributed by atoms with Crippen LogP contribution < -0.4 is 0 Å². The van der Waals surface area contributed by atoms with Crippen LogP contribution in [0.15, 0.2) is 30.5 Å². The van der Waals surface area contributed by atoms with Gasteiger partial charge in [-0.25, -0.2) is 4.39 Å². The Hall–Kier alpha value is -1.39. The van der Waals surface area contributed by atoms with Crippen molar-refractivity contribution in [1.29, 1.82) is 0 Å². The molecule has 2 aromatic rings. The highest BCUT2D eigenvalue weighted by molar-refractivity contribution is 6.31. The van der Waals surface area contributed by atoms with E-state index < -0.39 is 11.9 Å². The monoisotopic (exact) mass is 268 g/mol. The maximum atomic E-state index is 13.7. The lowest BCUT2D eigenvalue weighted by Crippen LogP contribution is -2.11. The van der Waals surface area contributed by atoms with Crippen LogP contribution in [0.25, 0.3) is 0 Å². The van der Waals surface area contributed by atoms with Crippen LogP contribution in [0.4, 0.5) is 4.39 Å². The Kier molecular flexibility index (Phi) is 3.99. The van der Waals surface area contributed by atoms with Gasteiger partial charge in [0, 0.05) is 23.3 Å². The molecule has 2 rings (SSSR count). The summed E-state index contributed by atoms with van der Waals surface area (Å²) in [5, 5.41) is 14.6. The fourth-order valence-corrected chi connectivity index (χ4v) is 2.16. The number of rotatable bonds is 4. The molecule has 0 aliphatic heterocycles. The van der Waals surface area contributed by atoms with Crippen LogP contribution in [0.5, 0.6) is 0 Å². The van der Waals surface area contributed by atoms with Gasteiger partial charge in [0.15, 0.2) is 0 Å². The summed E-state index contributed by atoms with van der Waals surface area (Å²) in [6.45, 7) is 2.68. The Balaban J connectivity index is 2.41. The lowest BCUT2D eigenvalue weighted by atomic mass is 10.1. The van der Waals surface area contributed by atoms with Crippen LogP contribution in [-0.2, 0) is 6.54 Å². The van der Waals surface area contributed by atoms with E-state index in [9.17, 15) is 9.50 Å². The van der Waals surface area contributed by atoms with Crippen LogP contribution in [0.2, 0.25) is 5.02 Å². The average molecular weight is 269 g/mol. The van der Waals surface area contributed by atoms with Gasteiger partial charge in [-0.15, -0.1) is 0 Å². The lowest BCUT2D eigenvalue weighted by Gasteiger charge is -2.15. The van der Waals surface area contributed by atoms with Gasteiger partial charge >= 0.3 is 0 Å². The molecule has 5 heteroatoms. The molecule has 0 aliphatic carbocycles. The molecule has 0 spiro atoms. The van der Waals surface area contributed by atoms with Crippen molar-refractivity contribution in [1.82, 2.24) is 9.78 Å². The van der Waals surface area contributed by atoms with E-state index in [1.54, 1.807) is 23.0 Å². The number of aryl methyl sites for hydroxylation is 1. The number of halogens is 2. The van der Waals surface area contributed by atoms with E-state index in [1.165, 1.54) is 12.1 Å². The van der Waals surface area contributed by atoms with E-state index in [0.717, 1.165) is 6.42 Å². The molecule has 96 valence electrons. The van der Waals surface area contributed by atoms with Gasteiger partial charge in [-0.2, -0.15) is 5.10 Å². The number of nitrogens with zero attached hydrogens (tertiary/aromatic N) is 2. The zero-order chi connectivity index (χ0) is 13.1. The molecule has 1 heterocycles. The third-order valence-corrected chi connectivity index (χ3v) is 3.07. The molecule has 1 unspecified atom stereocenters. The summed E-state index contributed by atoms with van der Waals surface area (Å²) in [6.07, 6.45) is 1.36. The van der Waals surface area contributed by atoms with E-state index in [2.05, 4.69) is 5.10 Å². The molecule has 0 radical (unpaired) electrons. The van der Waals surface area contributed by atoms with E-state index in [-0.39, 0.29) is 10.6 Å². The molecular formula is C13H14ClFN2O. The maximum absolute atomic E-state index is 13.7. The highest BCUT2D eigenvalue weighted by Crippen LogP contribution is 2.30. The third-order valence-electron chi connectivity index (χ3n) is 2.74. The average Bonchev–Trinajstić information content (AvgIpc) is 2.77. The Morgan fingerprint density at radius 2 is 2.22 bits per heavy atom. The minimum Gasteiger partial charge on any atom is -0.382 e. The molecule has 18 heavy (non-hydrogen) atoms. The first-order valence-electron chi connectivity index (χ1n) is 5.78. The van der Waals surface area contributed by atoms with Gasteiger partial charge in [-0.3, -0.25) is 4.68 Å². The topological polar surface area (TPSA) is 38.0 Å². The first kappa shape index (κ1) is 13.1. The van der Waals surface area contributed by atoms with Crippen molar-refractivity contribution in [2.75, 3.05) is 0 Å². The van der Waals surface area contributed by atoms with Gasteiger partial charge in [0.05, 0.1) is 5.69 Å². The number of aromatic nitrogens is 2. The largest absolute Gasteiger partial charge is 0.382 e. The van der Waals surface area contributed by atoms with Gasteiger partial charge in [-0.05, 0) is 24.6 Å². The molecule has 0 amide bonds. The molecule has 0 bridgehead atoms. The second kappa shape index (κ2) is 5.50. The first-order chi connectivity index (χ1) is 8.65. The molecule has 0 aliphatic rings. The van der Waals surface area contributed by atoms with E-state index in [1.807, 2.05) is 6.92 Å². The second-order valence-electron chi connectivity index (χ2n) is 4.02. The fourth-order valence-electron chi connectivity index (χ4n) is 1.89. The molecule has 1 atom stereocenters. The summed E-state index contributed by atoms with van der Waals surface area (Å²) in [4.78, 5) is 0. The second-order valence-corrected chi connectivity index (χ2v) is 4.42. The normalized spacial score (nSPS) is 12.7. The van der Waals surface area contributed by atoms with Crippen molar-refractivity contribution in [2.24, 2.45) is 0 Å². The van der Waals surface area contributed by atoms with Crippen molar-refractivity contribution in [2.45, 2.75) is 26.0 Å². The van der Waals surface area contributed by atoms with Gasteiger partial charge in [0.2, 0.25) is 0 Å². The Bertz CT molecular complexity index is 521. The van der Waals surface area contributed by atoms with Gasteiger partial charge in [-0.1, -0.05) is 24.6 Å². The lowest BCUT2D eigenvalue weighted by molar-refractivity contribution is 0.202. The standard InChI is InChI=1S/C13H14ClFN2O/c1-2-8-17-11(6-7-16-17)13(18)12-9(14)4-3-5-10(12)15/h3-7,13,18H,2,8H2,1H3. The molecule has 0 saturated carbocycles. The molecular weight excluding hydrogens is 255 g/mol. The van der Waals surface area contributed by atoms with Gasteiger partial charge < -0.3 is 5.11 Å².